The fraction of sp³-hybridized carbons (Fsp3) is 0.389. The zero-order chi connectivity index (χ0) is 17.5. The highest BCUT2D eigenvalue weighted by Crippen LogP contribution is 2.29. The third kappa shape index (κ3) is 4.00. The molecule has 0 atom stereocenters. The van der Waals surface area contributed by atoms with Crippen LogP contribution >= 0.6 is 0 Å². The van der Waals surface area contributed by atoms with E-state index in [1.54, 1.807) is 0 Å². The Labute approximate surface area is 143 Å². The van der Waals surface area contributed by atoms with E-state index in [0.717, 1.165) is 43.6 Å². The van der Waals surface area contributed by atoms with Gasteiger partial charge in [-0.15, -0.1) is 0 Å². The predicted octanol–water partition coefficient (Wildman–Crippen LogP) is 2.80. The van der Waals surface area contributed by atoms with Gasteiger partial charge in [-0.05, 0) is 25.1 Å². The number of nitriles is 1. The Morgan fingerprint density at radius 2 is 1.92 bits per heavy atom. The van der Waals surface area contributed by atoms with Crippen molar-refractivity contribution < 1.29 is 0 Å². The van der Waals surface area contributed by atoms with Crippen molar-refractivity contribution in [3.05, 3.63) is 35.4 Å². The Kier molecular flexibility index (Phi) is 6.10. The number of anilines is 2. The summed E-state index contributed by atoms with van der Waals surface area (Å²) in [6, 6.07) is 10.0. The van der Waals surface area contributed by atoms with Gasteiger partial charge in [-0.1, -0.05) is 44.5 Å². The normalized spacial score (nSPS) is 10.8. The van der Waals surface area contributed by atoms with E-state index in [2.05, 4.69) is 40.9 Å². The molecule has 0 bridgehead atoms. The minimum absolute atomic E-state index is 0.0784. The van der Waals surface area contributed by atoms with Gasteiger partial charge in [0.2, 0.25) is 5.95 Å². The summed E-state index contributed by atoms with van der Waals surface area (Å²) < 4.78 is 0. The zero-order valence-electron chi connectivity index (χ0n) is 14.3. The van der Waals surface area contributed by atoms with Crippen molar-refractivity contribution in [2.24, 2.45) is 0 Å². The first-order valence-electron chi connectivity index (χ1n) is 8.24. The van der Waals surface area contributed by atoms with Gasteiger partial charge in [0.25, 0.3) is 0 Å². The van der Waals surface area contributed by atoms with Crippen molar-refractivity contribution in [2.45, 2.75) is 33.2 Å². The molecule has 1 aromatic carbocycles. The van der Waals surface area contributed by atoms with Crippen LogP contribution in [-0.4, -0.2) is 28.0 Å². The van der Waals surface area contributed by atoms with Crippen molar-refractivity contribution in [1.82, 2.24) is 14.9 Å². The fourth-order valence-corrected chi connectivity index (χ4v) is 2.66. The molecule has 0 aliphatic heterocycles. The molecule has 0 fully saturated rings. The van der Waals surface area contributed by atoms with Gasteiger partial charge in [0, 0.05) is 12.1 Å². The lowest BCUT2D eigenvalue weighted by Crippen LogP contribution is -2.24. The van der Waals surface area contributed by atoms with Gasteiger partial charge in [-0.2, -0.15) is 10.2 Å². The number of hydrogen-bond donors (Lipinski definition) is 2. The molecule has 6 heteroatoms. The van der Waals surface area contributed by atoms with Gasteiger partial charge in [0.05, 0.1) is 5.69 Å². The summed E-state index contributed by atoms with van der Waals surface area (Å²) in [6.07, 6.45) is 2.32. The molecule has 4 N–H and O–H groups in total. The molecule has 2 rings (SSSR count). The van der Waals surface area contributed by atoms with Gasteiger partial charge in [0.15, 0.2) is 0 Å². The maximum absolute atomic E-state index is 9.43. The molecule has 0 spiro atoms. The first-order chi connectivity index (χ1) is 11.6. The average molecular weight is 324 g/mol. The van der Waals surface area contributed by atoms with E-state index >= 15 is 0 Å². The Bertz CT molecular complexity index is 735. The Balaban J connectivity index is 2.45. The molecule has 0 aliphatic carbocycles. The predicted molar refractivity (Wildman–Crippen MR) is 96.9 cm³/mol. The van der Waals surface area contributed by atoms with E-state index in [9.17, 15) is 5.26 Å². The molecule has 0 saturated carbocycles. The molecule has 6 nitrogen and oxygen atoms in total. The minimum Gasteiger partial charge on any atom is -0.382 e. The fourth-order valence-electron chi connectivity index (χ4n) is 2.66. The summed E-state index contributed by atoms with van der Waals surface area (Å²) in [5.41, 5.74) is 14.3. The van der Waals surface area contributed by atoms with Crippen molar-refractivity contribution in [1.29, 1.82) is 5.26 Å². The van der Waals surface area contributed by atoms with Crippen LogP contribution in [0.5, 0.6) is 0 Å². The summed E-state index contributed by atoms with van der Waals surface area (Å²) in [7, 11) is 0. The van der Waals surface area contributed by atoms with Crippen LogP contribution in [0.25, 0.3) is 11.3 Å². The highest BCUT2D eigenvalue weighted by atomic mass is 15.1. The summed E-state index contributed by atoms with van der Waals surface area (Å²) >= 11 is 0. The second-order valence-corrected chi connectivity index (χ2v) is 5.68. The molecular formula is C18H24N6. The Morgan fingerprint density at radius 1 is 1.17 bits per heavy atom. The number of nitrogens with two attached hydrogens (primary N) is 2. The first-order valence-corrected chi connectivity index (χ1v) is 8.24. The molecular weight excluding hydrogens is 300 g/mol. The summed E-state index contributed by atoms with van der Waals surface area (Å²) in [5.74, 6) is 0.197. The smallest absolute Gasteiger partial charge is 0.222 e. The van der Waals surface area contributed by atoms with E-state index in [-0.39, 0.29) is 17.3 Å². The molecule has 0 radical (unpaired) electrons. The van der Waals surface area contributed by atoms with Gasteiger partial charge in [-0.3, -0.25) is 4.90 Å². The summed E-state index contributed by atoms with van der Waals surface area (Å²) in [4.78, 5) is 10.5. The van der Waals surface area contributed by atoms with Crippen LogP contribution in [0.15, 0.2) is 24.3 Å². The number of unbranched alkanes of at least 4 members (excludes halogenated alkanes) is 1. The highest BCUT2D eigenvalue weighted by Gasteiger charge is 2.17. The largest absolute Gasteiger partial charge is 0.382 e. The van der Waals surface area contributed by atoms with Crippen LogP contribution in [0.4, 0.5) is 11.8 Å². The quantitative estimate of drug-likeness (QED) is 0.811. The van der Waals surface area contributed by atoms with Crippen molar-refractivity contribution in [2.75, 3.05) is 24.6 Å². The molecule has 2 aromatic rings. The number of nitrogen functional groups attached to an aromatic ring is 2. The molecule has 126 valence electrons. The maximum atomic E-state index is 9.43. The maximum Gasteiger partial charge on any atom is 0.222 e. The lowest BCUT2D eigenvalue weighted by atomic mass is 10.0. The molecule has 1 heterocycles. The van der Waals surface area contributed by atoms with Crippen molar-refractivity contribution in [3.63, 3.8) is 0 Å². The molecule has 0 saturated heterocycles. The third-order valence-corrected chi connectivity index (χ3v) is 4.01. The SMILES string of the molecule is CCCCN(CC)Cc1ccccc1-c1nc(N)nc(N)c1C#N. The Morgan fingerprint density at radius 3 is 2.58 bits per heavy atom. The molecule has 0 amide bonds. The molecule has 0 aliphatic rings. The van der Waals surface area contributed by atoms with Crippen molar-refractivity contribution in [3.8, 4) is 17.3 Å². The van der Waals surface area contributed by atoms with E-state index in [4.69, 9.17) is 11.5 Å². The van der Waals surface area contributed by atoms with Crippen LogP contribution in [0.1, 0.15) is 37.8 Å². The standard InChI is InChI=1S/C18H24N6/c1-3-5-10-24(4-2)12-13-8-6-7-9-14(13)16-15(11-19)17(20)23-18(21)22-16/h6-9H,3-5,10,12H2,1-2H3,(H4,20,21,22,23). The monoisotopic (exact) mass is 324 g/mol. The molecule has 1 aromatic heterocycles. The lowest BCUT2D eigenvalue weighted by Gasteiger charge is -2.22. The minimum atomic E-state index is 0.0784. The third-order valence-electron chi connectivity index (χ3n) is 4.01. The van der Waals surface area contributed by atoms with Crippen molar-refractivity contribution >= 4 is 11.8 Å². The van der Waals surface area contributed by atoms with Gasteiger partial charge in [-0.25, -0.2) is 4.98 Å². The van der Waals surface area contributed by atoms with E-state index < -0.39 is 0 Å². The molecule has 24 heavy (non-hydrogen) atoms. The second-order valence-electron chi connectivity index (χ2n) is 5.68. The zero-order valence-corrected chi connectivity index (χ0v) is 14.3. The first kappa shape index (κ1) is 17.7. The van der Waals surface area contributed by atoms with Crippen LogP contribution in [0, 0.1) is 11.3 Å². The lowest BCUT2D eigenvalue weighted by molar-refractivity contribution is 0.276. The van der Waals surface area contributed by atoms with Gasteiger partial charge in [0.1, 0.15) is 17.5 Å². The number of aromatic nitrogens is 2. The van der Waals surface area contributed by atoms with Gasteiger partial charge >= 0.3 is 0 Å². The van der Waals surface area contributed by atoms with Crippen LogP contribution in [0.3, 0.4) is 0 Å². The van der Waals surface area contributed by atoms with E-state index in [1.165, 1.54) is 0 Å². The highest BCUT2D eigenvalue weighted by molar-refractivity contribution is 5.75. The number of hydrogen-bond acceptors (Lipinski definition) is 6. The van der Waals surface area contributed by atoms with Gasteiger partial charge < -0.3 is 11.5 Å². The topological polar surface area (TPSA) is 105 Å². The summed E-state index contributed by atoms with van der Waals surface area (Å²) in [5, 5.41) is 9.43. The molecule has 0 unspecified atom stereocenters. The average Bonchev–Trinajstić information content (AvgIpc) is 2.58. The number of benzene rings is 1. The number of nitrogens with zero attached hydrogens (tertiary/aromatic N) is 4. The van der Waals surface area contributed by atoms with Crippen LogP contribution < -0.4 is 11.5 Å². The van der Waals surface area contributed by atoms with Crippen LogP contribution in [0.2, 0.25) is 0 Å². The van der Waals surface area contributed by atoms with E-state index in [1.807, 2.05) is 18.2 Å². The summed E-state index contributed by atoms with van der Waals surface area (Å²) in [6.45, 7) is 7.14. The van der Waals surface area contributed by atoms with E-state index in [0.29, 0.717) is 5.69 Å². The number of rotatable bonds is 7. The van der Waals surface area contributed by atoms with Crippen LogP contribution in [-0.2, 0) is 6.54 Å². The Hall–Kier alpha value is -2.65. The second kappa shape index (κ2) is 8.27.